The van der Waals surface area contributed by atoms with E-state index in [0.717, 1.165) is 0 Å². The summed E-state index contributed by atoms with van der Waals surface area (Å²) >= 11 is 0. The van der Waals surface area contributed by atoms with Gasteiger partial charge in [-0.2, -0.15) is 13.2 Å². The highest BCUT2D eigenvalue weighted by atomic mass is 19.4. The highest BCUT2D eigenvalue weighted by Crippen LogP contribution is 2.21. The van der Waals surface area contributed by atoms with E-state index in [4.69, 9.17) is 5.11 Å². The van der Waals surface area contributed by atoms with E-state index in [9.17, 15) is 13.2 Å². The van der Waals surface area contributed by atoms with E-state index in [1.807, 2.05) is 6.92 Å². The number of alkyl halides is 3. The van der Waals surface area contributed by atoms with Crippen molar-refractivity contribution in [2.24, 2.45) is 5.92 Å². The van der Waals surface area contributed by atoms with E-state index in [1.165, 1.54) is 6.92 Å². The Morgan fingerprint density at radius 2 is 1.86 bits per heavy atom. The zero-order valence-electron chi connectivity index (χ0n) is 8.56. The van der Waals surface area contributed by atoms with E-state index in [1.54, 1.807) is 0 Å². The lowest BCUT2D eigenvalue weighted by Crippen LogP contribution is -2.34. The van der Waals surface area contributed by atoms with Gasteiger partial charge in [0, 0.05) is 12.6 Å². The summed E-state index contributed by atoms with van der Waals surface area (Å²) in [5.41, 5.74) is 0. The predicted octanol–water partition coefficient (Wildman–Crippen LogP) is 1.94. The normalized spacial score (nSPS) is 16.7. The molecule has 0 radical (unpaired) electrons. The summed E-state index contributed by atoms with van der Waals surface area (Å²) in [6.07, 6.45) is -4.29. The highest BCUT2D eigenvalue weighted by Gasteiger charge is 2.29. The number of aliphatic hydroxyl groups is 1. The van der Waals surface area contributed by atoms with Crippen molar-refractivity contribution in [3.8, 4) is 0 Å². The Kier molecular flexibility index (Phi) is 6.11. The van der Waals surface area contributed by atoms with Crippen molar-refractivity contribution >= 4 is 0 Å². The van der Waals surface area contributed by atoms with Gasteiger partial charge < -0.3 is 10.4 Å². The van der Waals surface area contributed by atoms with Gasteiger partial charge >= 0.3 is 6.18 Å². The number of nitrogens with one attached hydrogen (secondary N) is 1. The fourth-order valence-corrected chi connectivity index (χ4v) is 1.14. The molecule has 0 saturated carbocycles. The van der Waals surface area contributed by atoms with Gasteiger partial charge in [0.1, 0.15) is 0 Å². The van der Waals surface area contributed by atoms with Gasteiger partial charge in [0.15, 0.2) is 0 Å². The molecule has 2 atom stereocenters. The lowest BCUT2D eigenvalue weighted by Gasteiger charge is -2.18. The molecule has 0 spiro atoms. The van der Waals surface area contributed by atoms with Gasteiger partial charge in [0.05, 0.1) is 6.42 Å². The molecule has 5 heteroatoms. The number of halogens is 3. The molecular weight excluding hydrogens is 195 g/mol. The third kappa shape index (κ3) is 8.31. The second-order valence-electron chi connectivity index (χ2n) is 3.75. The van der Waals surface area contributed by atoms with Crippen molar-refractivity contribution in [3.63, 3.8) is 0 Å². The zero-order chi connectivity index (χ0) is 11.2. The summed E-state index contributed by atoms with van der Waals surface area (Å²) in [5, 5.41) is 11.4. The highest BCUT2D eigenvalue weighted by molar-refractivity contribution is 4.67. The van der Waals surface area contributed by atoms with E-state index < -0.39 is 18.6 Å². The first-order valence-corrected chi connectivity index (χ1v) is 4.76. The minimum Gasteiger partial charge on any atom is -0.396 e. The van der Waals surface area contributed by atoms with Crippen molar-refractivity contribution in [3.05, 3.63) is 0 Å². The van der Waals surface area contributed by atoms with Crippen LogP contribution in [0.2, 0.25) is 0 Å². The molecule has 2 nitrogen and oxygen atoms in total. The van der Waals surface area contributed by atoms with Crippen LogP contribution >= 0.6 is 0 Å². The molecule has 0 aromatic rings. The fourth-order valence-electron chi connectivity index (χ4n) is 1.14. The first kappa shape index (κ1) is 13.7. The topological polar surface area (TPSA) is 32.3 Å². The van der Waals surface area contributed by atoms with Crippen LogP contribution in [0, 0.1) is 5.92 Å². The molecular formula is C9H18F3NO. The molecule has 0 fully saturated rings. The van der Waals surface area contributed by atoms with Gasteiger partial charge in [-0.15, -0.1) is 0 Å². The summed E-state index contributed by atoms with van der Waals surface area (Å²) in [6.45, 7) is 4.00. The van der Waals surface area contributed by atoms with Gasteiger partial charge in [0.2, 0.25) is 0 Å². The smallest absolute Gasteiger partial charge is 0.390 e. The van der Waals surface area contributed by atoms with Gasteiger partial charge in [-0.25, -0.2) is 0 Å². The average Bonchev–Trinajstić information content (AvgIpc) is 1.98. The third-order valence-electron chi connectivity index (χ3n) is 1.97. The standard InChI is InChI=1S/C9H18F3NO/c1-7(3-4-14)6-13-8(2)5-9(10,11)12/h7-8,13-14H,3-6H2,1-2H3. The maximum Gasteiger partial charge on any atom is 0.390 e. The second kappa shape index (κ2) is 6.24. The van der Waals surface area contributed by atoms with Crippen LogP contribution in [0.15, 0.2) is 0 Å². The molecule has 14 heavy (non-hydrogen) atoms. The summed E-state index contributed by atoms with van der Waals surface area (Å²) in [4.78, 5) is 0. The molecule has 2 unspecified atom stereocenters. The van der Waals surface area contributed by atoms with Gasteiger partial charge in [-0.3, -0.25) is 0 Å². The monoisotopic (exact) mass is 213 g/mol. The Labute approximate surface area is 82.5 Å². The van der Waals surface area contributed by atoms with Crippen molar-refractivity contribution < 1.29 is 18.3 Å². The molecule has 0 heterocycles. The van der Waals surface area contributed by atoms with Crippen LogP contribution in [0.5, 0.6) is 0 Å². The summed E-state index contributed by atoms with van der Waals surface area (Å²) in [7, 11) is 0. The Morgan fingerprint density at radius 1 is 1.29 bits per heavy atom. The van der Waals surface area contributed by atoms with Crippen molar-refractivity contribution in [1.29, 1.82) is 0 Å². The lowest BCUT2D eigenvalue weighted by molar-refractivity contribution is -0.139. The molecule has 0 aliphatic rings. The molecule has 0 aromatic carbocycles. The second-order valence-corrected chi connectivity index (χ2v) is 3.75. The zero-order valence-corrected chi connectivity index (χ0v) is 8.56. The Balaban J connectivity index is 3.58. The Bertz CT molecular complexity index is 149. The minimum atomic E-state index is -4.10. The van der Waals surface area contributed by atoms with Crippen molar-refractivity contribution in [2.75, 3.05) is 13.2 Å². The number of hydrogen-bond donors (Lipinski definition) is 2. The molecule has 86 valence electrons. The minimum absolute atomic E-state index is 0.0799. The quantitative estimate of drug-likeness (QED) is 0.706. The number of rotatable bonds is 6. The first-order chi connectivity index (χ1) is 6.35. The molecule has 0 amide bonds. The van der Waals surface area contributed by atoms with E-state index in [0.29, 0.717) is 13.0 Å². The van der Waals surface area contributed by atoms with E-state index >= 15 is 0 Å². The molecule has 0 aromatic heterocycles. The molecule has 0 rings (SSSR count). The number of aliphatic hydroxyl groups excluding tert-OH is 1. The first-order valence-electron chi connectivity index (χ1n) is 4.76. The van der Waals surface area contributed by atoms with Gasteiger partial charge in [-0.05, 0) is 25.8 Å². The summed E-state index contributed by atoms with van der Waals surface area (Å²) in [5.74, 6) is 0.204. The third-order valence-corrected chi connectivity index (χ3v) is 1.97. The largest absolute Gasteiger partial charge is 0.396 e. The predicted molar refractivity (Wildman–Crippen MR) is 49.0 cm³/mol. The van der Waals surface area contributed by atoms with Crippen molar-refractivity contribution in [2.45, 2.75) is 38.9 Å². The molecule has 0 saturated heterocycles. The van der Waals surface area contributed by atoms with Gasteiger partial charge in [0.25, 0.3) is 0 Å². The Hall–Kier alpha value is -0.290. The van der Waals surface area contributed by atoms with E-state index in [-0.39, 0.29) is 12.5 Å². The van der Waals surface area contributed by atoms with Crippen LogP contribution in [0.4, 0.5) is 13.2 Å². The maximum absolute atomic E-state index is 11.9. The number of hydrogen-bond acceptors (Lipinski definition) is 2. The van der Waals surface area contributed by atoms with Gasteiger partial charge in [-0.1, -0.05) is 6.92 Å². The molecule has 0 bridgehead atoms. The summed E-state index contributed by atoms with van der Waals surface area (Å²) in [6, 6.07) is -0.559. The molecule has 0 aliphatic heterocycles. The average molecular weight is 213 g/mol. The van der Waals surface area contributed by atoms with Crippen LogP contribution in [-0.2, 0) is 0 Å². The molecule has 2 N–H and O–H groups in total. The Morgan fingerprint density at radius 3 is 2.29 bits per heavy atom. The maximum atomic E-state index is 11.9. The lowest BCUT2D eigenvalue weighted by atomic mass is 10.1. The van der Waals surface area contributed by atoms with Crippen LogP contribution in [-0.4, -0.2) is 30.5 Å². The van der Waals surface area contributed by atoms with E-state index in [2.05, 4.69) is 5.32 Å². The van der Waals surface area contributed by atoms with Crippen LogP contribution in [0.3, 0.4) is 0 Å². The summed E-state index contributed by atoms with van der Waals surface area (Å²) < 4.78 is 35.7. The fraction of sp³-hybridized carbons (Fsp3) is 1.00. The van der Waals surface area contributed by atoms with Crippen LogP contribution < -0.4 is 5.32 Å². The van der Waals surface area contributed by atoms with Crippen LogP contribution in [0.25, 0.3) is 0 Å². The van der Waals surface area contributed by atoms with Crippen LogP contribution in [0.1, 0.15) is 26.7 Å². The van der Waals surface area contributed by atoms with Crippen molar-refractivity contribution in [1.82, 2.24) is 5.32 Å². The SMILES string of the molecule is CC(CCO)CNC(C)CC(F)(F)F. The molecule has 0 aliphatic carbocycles.